The van der Waals surface area contributed by atoms with Gasteiger partial charge < -0.3 is 9.64 Å². The van der Waals surface area contributed by atoms with E-state index in [2.05, 4.69) is 21.7 Å². The standard InChI is InChI=1S/C19H20ClF2N3O/c1-12-18-9-17(26-16-7-14(21)6-15(22)8-16)11-24(18)4-5-25(12)19-3-2-13(20)10-23-19/h2-3,6-8,10,12,17-18H,4-5,9,11H2,1H3/t12?,17-,18-/m0/s1. The molecule has 0 radical (unpaired) electrons. The van der Waals surface area contributed by atoms with Gasteiger partial charge in [0.2, 0.25) is 0 Å². The molecule has 2 fully saturated rings. The highest BCUT2D eigenvalue weighted by Gasteiger charge is 2.42. The second kappa shape index (κ2) is 7.00. The molecule has 0 aliphatic carbocycles. The SMILES string of the molecule is CC1[C@@H]2C[C@H](Oc3cc(F)cc(F)c3)CN2CCN1c1ccc(Cl)cn1. The van der Waals surface area contributed by atoms with E-state index in [0.717, 1.165) is 37.9 Å². The Balaban J connectivity index is 1.45. The molecule has 2 aromatic rings. The first kappa shape index (κ1) is 17.5. The lowest BCUT2D eigenvalue weighted by Crippen LogP contribution is -2.56. The van der Waals surface area contributed by atoms with Crippen LogP contribution in [0.3, 0.4) is 0 Å². The highest BCUT2D eigenvalue weighted by atomic mass is 35.5. The van der Waals surface area contributed by atoms with Gasteiger partial charge in [0.25, 0.3) is 0 Å². The second-order valence-corrected chi connectivity index (χ2v) is 7.35. The van der Waals surface area contributed by atoms with Crippen molar-refractivity contribution >= 4 is 17.4 Å². The number of aromatic nitrogens is 1. The molecule has 2 saturated heterocycles. The van der Waals surface area contributed by atoms with Crippen LogP contribution in [0.2, 0.25) is 5.02 Å². The summed E-state index contributed by atoms with van der Waals surface area (Å²) in [5.74, 6) is -0.0810. The number of anilines is 1. The number of hydrogen-bond donors (Lipinski definition) is 0. The van der Waals surface area contributed by atoms with Crippen LogP contribution in [-0.4, -0.2) is 47.7 Å². The number of rotatable bonds is 3. The molecule has 1 aromatic carbocycles. The first-order chi connectivity index (χ1) is 12.5. The Morgan fingerprint density at radius 3 is 2.62 bits per heavy atom. The van der Waals surface area contributed by atoms with Gasteiger partial charge >= 0.3 is 0 Å². The van der Waals surface area contributed by atoms with Gasteiger partial charge in [-0.2, -0.15) is 0 Å². The van der Waals surface area contributed by atoms with Crippen LogP contribution in [0.1, 0.15) is 13.3 Å². The molecule has 4 rings (SSSR count). The number of piperazine rings is 1. The van der Waals surface area contributed by atoms with Gasteiger partial charge in [0.15, 0.2) is 0 Å². The lowest BCUT2D eigenvalue weighted by atomic mass is 10.0. The summed E-state index contributed by atoms with van der Waals surface area (Å²) in [4.78, 5) is 9.10. The number of fused-ring (bicyclic) bond motifs is 1. The molecule has 3 atom stereocenters. The van der Waals surface area contributed by atoms with E-state index in [1.54, 1.807) is 6.20 Å². The molecule has 4 nitrogen and oxygen atoms in total. The largest absolute Gasteiger partial charge is 0.489 e. The molecule has 0 N–H and O–H groups in total. The van der Waals surface area contributed by atoms with Crippen LogP contribution in [0.15, 0.2) is 36.5 Å². The molecule has 3 heterocycles. The smallest absolute Gasteiger partial charge is 0.129 e. The van der Waals surface area contributed by atoms with Crippen molar-refractivity contribution in [1.82, 2.24) is 9.88 Å². The maximum absolute atomic E-state index is 13.4. The number of pyridine rings is 1. The highest BCUT2D eigenvalue weighted by molar-refractivity contribution is 6.30. The summed E-state index contributed by atoms with van der Waals surface area (Å²) in [6, 6.07) is 7.67. The third-order valence-corrected chi connectivity index (χ3v) is 5.46. The zero-order valence-electron chi connectivity index (χ0n) is 14.4. The molecule has 0 amide bonds. The van der Waals surface area contributed by atoms with Crippen molar-refractivity contribution in [1.29, 1.82) is 0 Å². The Kier molecular flexibility index (Phi) is 4.71. The summed E-state index contributed by atoms with van der Waals surface area (Å²) in [6.07, 6.45) is 2.39. The second-order valence-electron chi connectivity index (χ2n) is 6.91. The van der Waals surface area contributed by atoms with Crippen LogP contribution in [0.25, 0.3) is 0 Å². The van der Waals surface area contributed by atoms with Crippen molar-refractivity contribution < 1.29 is 13.5 Å². The Morgan fingerprint density at radius 1 is 1.15 bits per heavy atom. The predicted octanol–water partition coefficient (Wildman–Crippen LogP) is 3.74. The molecule has 2 aliphatic heterocycles. The van der Waals surface area contributed by atoms with E-state index < -0.39 is 11.6 Å². The van der Waals surface area contributed by atoms with Crippen molar-refractivity contribution in [2.75, 3.05) is 24.5 Å². The van der Waals surface area contributed by atoms with E-state index in [1.165, 1.54) is 12.1 Å². The quantitative estimate of drug-likeness (QED) is 0.812. The van der Waals surface area contributed by atoms with Crippen molar-refractivity contribution in [3.8, 4) is 5.75 Å². The minimum Gasteiger partial charge on any atom is -0.489 e. The van der Waals surface area contributed by atoms with Gasteiger partial charge in [-0.1, -0.05) is 11.6 Å². The number of hydrogen-bond acceptors (Lipinski definition) is 4. The van der Waals surface area contributed by atoms with E-state index in [-0.39, 0.29) is 17.9 Å². The average molecular weight is 380 g/mol. The Hall–Kier alpha value is -1.92. The number of benzene rings is 1. The van der Waals surface area contributed by atoms with Crippen LogP contribution in [-0.2, 0) is 0 Å². The average Bonchev–Trinajstić information content (AvgIpc) is 2.99. The minimum atomic E-state index is -0.621. The topological polar surface area (TPSA) is 28.6 Å². The monoisotopic (exact) mass is 379 g/mol. The third kappa shape index (κ3) is 3.48. The van der Waals surface area contributed by atoms with Gasteiger partial charge in [0.05, 0.1) is 5.02 Å². The Labute approximate surface area is 156 Å². The Bertz CT molecular complexity index is 769. The first-order valence-electron chi connectivity index (χ1n) is 8.74. The van der Waals surface area contributed by atoms with E-state index in [9.17, 15) is 8.78 Å². The fraction of sp³-hybridized carbons (Fsp3) is 0.421. The van der Waals surface area contributed by atoms with E-state index in [0.29, 0.717) is 11.1 Å². The number of ether oxygens (including phenoxy) is 1. The molecule has 2 aliphatic rings. The van der Waals surface area contributed by atoms with Gasteiger partial charge in [-0.15, -0.1) is 0 Å². The number of halogens is 3. The molecular weight excluding hydrogens is 360 g/mol. The first-order valence-corrected chi connectivity index (χ1v) is 9.12. The lowest BCUT2D eigenvalue weighted by Gasteiger charge is -2.43. The van der Waals surface area contributed by atoms with Crippen LogP contribution < -0.4 is 9.64 Å². The van der Waals surface area contributed by atoms with Crippen molar-refractivity contribution in [3.63, 3.8) is 0 Å². The normalized spacial score (nSPS) is 26.0. The maximum Gasteiger partial charge on any atom is 0.129 e. The molecular formula is C19H20ClF2N3O. The summed E-state index contributed by atoms with van der Waals surface area (Å²) < 4.78 is 32.6. The fourth-order valence-electron chi connectivity index (χ4n) is 4.03. The summed E-state index contributed by atoms with van der Waals surface area (Å²) in [6.45, 7) is 4.71. The maximum atomic E-state index is 13.4. The zero-order chi connectivity index (χ0) is 18.3. The third-order valence-electron chi connectivity index (χ3n) is 5.23. The molecule has 1 unspecified atom stereocenters. The van der Waals surface area contributed by atoms with Crippen molar-refractivity contribution in [3.05, 3.63) is 53.2 Å². The van der Waals surface area contributed by atoms with Gasteiger partial charge in [0.1, 0.15) is 29.3 Å². The summed E-state index contributed by atoms with van der Waals surface area (Å²) in [7, 11) is 0. The van der Waals surface area contributed by atoms with E-state index in [1.807, 2.05) is 12.1 Å². The molecule has 0 bridgehead atoms. The van der Waals surface area contributed by atoms with Gasteiger partial charge in [-0.3, -0.25) is 4.90 Å². The van der Waals surface area contributed by atoms with Gasteiger partial charge in [-0.25, -0.2) is 13.8 Å². The van der Waals surface area contributed by atoms with Crippen LogP contribution in [0.4, 0.5) is 14.6 Å². The van der Waals surface area contributed by atoms with Crippen LogP contribution >= 0.6 is 11.6 Å². The Morgan fingerprint density at radius 2 is 1.92 bits per heavy atom. The fourth-order valence-corrected chi connectivity index (χ4v) is 4.14. The molecule has 1 aromatic heterocycles. The van der Waals surface area contributed by atoms with E-state index >= 15 is 0 Å². The predicted molar refractivity (Wildman–Crippen MR) is 96.8 cm³/mol. The van der Waals surface area contributed by atoms with Crippen LogP contribution in [0.5, 0.6) is 5.75 Å². The zero-order valence-corrected chi connectivity index (χ0v) is 15.2. The van der Waals surface area contributed by atoms with E-state index in [4.69, 9.17) is 16.3 Å². The van der Waals surface area contributed by atoms with Crippen LogP contribution in [0, 0.1) is 11.6 Å². The van der Waals surface area contributed by atoms with Crippen molar-refractivity contribution in [2.45, 2.75) is 31.5 Å². The molecule has 0 saturated carbocycles. The lowest BCUT2D eigenvalue weighted by molar-refractivity contribution is 0.179. The molecule has 0 spiro atoms. The molecule has 26 heavy (non-hydrogen) atoms. The molecule has 7 heteroatoms. The number of nitrogens with zero attached hydrogens (tertiary/aromatic N) is 3. The minimum absolute atomic E-state index is 0.0817. The van der Waals surface area contributed by atoms with Crippen molar-refractivity contribution in [2.24, 2.45) is 0 Å². The molecule has 138 valence electrons. The van der Waals surface area contributed by atoms with Gasteiger partial charge in [-0.05, 0) is 19.1 Å². The summed E-state index contributed by atoms with van der Waals surface area (Å²) >= 11 is 5.94. The highest BCUT2D eigenvalue weighted by Crippen LogP contribution is 2.32. The van der Waals surface area contributed by atoms with Gasteiger partial charge in [0, 0.05) is 62.5 Å². The summed E-state index contributed by atoms with van der Waals surface area (Å²) in [5, 5.41) is 0.622. The summed E-state index contributed by atoms with van der Waals surface area (Å²) in [5.41, 5.74) is 0.